The molecule has 3 rings (SSSR count). The molecule has 0 radical (unpaired) electrons. The Kier molecular flexibility index (Phi) is 6.45. The minimum absolute atomic E-state index is 0.333. The molecule has 0 atom stereocenters. The molecule has 1 aliphatic rings. The Morgan fingerprint density at radius 1 is 1.14 bits per heavy atom. The molecule has 0 unspecified atom stereocenters. The molecular formula is C21H28N2O5S. The second-order valence-electron chi connectivity index (χ2n) is 7.58. The fraction of sp³-hybridized carbons (Fsp3) is 0.476. The average molecular weight is 421 g/mol. The third-order valence-electron chi connectivity index (χ3n) is 5.27. The Morgan fingerprint density at radius 3 is 2.31 bits per heavy atom. The third kappa shape index (κ3) is 4.71. The van der Waals surface area contributed by atoms with Crippen molar-refractivity contribution in [2.75, 3.05) is 33.3 Å². The van der Waals surface area contributed by atoms with E-state index in [4.69, 9.17) is 9.15 Å². The number of piperazine rings is 1. The molecule has 0 saturated carbocycles. The van der Waals surface area contributed by atoms with E-state index in [0.717, 1.165) is 5.56 Å². The van der Waals surface area contributed by atoms with Crippen LogP contribution in [0.1, 0.15) is 47.2 Å². The van der Waals surface area contributed by atoms with Crippen molar-refractivity contribution in [3.63, 3.8) is 0 Å². The average Bonchev–Trinajstić information content (AvgIpc) is 3.07. The molecule has 0 spiro atoms. The minimum atomic E-state index is -3.50. The Morgan fingerprint density at radius 2 is 1.76 bits per heavy atom. The highest BCUT2D eigenvalue weighted by Gasteiger charge is 2.29. The SMILES string of the molecule is COC(=O)c1cc(CN2CCN(S(=O)(=O)c3ccc(C(C)C)cc3)CC2)oc1C. The summed E-state index contributed by atoms with van der Waals surface area (Å²) in [7, 11) is -2.16. The van der Waals surface area contributed by atoms with Crippen LogP contribution >= 0.6 is 0 Å². The van der Waals surface area contributed by atoms with Crippen molar-refractivity contribution in [2.24, 2.45) is 0 Å². The number of ether oxygens (including phenoxy) is 1. The maximum atomic E-state index is 12.9. The summed E-state index contributed by atoms with van der Waals surface area (Å²) >= 11 is 0. The van der Waals surface area contributed by atoms with Gasteiger partial charge in [0.05, 0.1) is 18.6 Å². The number of furan rings is 1. The molecular weight excluding hydrogens is 392 g/mol. The maximum Gasteiger partial charge on any atom is 0.341 e. The number of methoxy groups -OCH3 is 1. The highest BCUT2D eigenvalue weighted by atomic mass is 32.2. The van der Waals surface area contributed by atoms with E-state index in [1.54, 1.807) is 25.1 Å². The molecule has 1 aliphatic heterocycles. The summed E-state index contributed by atoms with van der Waals surface area (Å²) < 4.78 is 37.8. The van der Waals surface area contributed by atoms with E-state index in [0.29, 0.717) is 60.6 Å². The summed E-state index contributed by atoms with van der Waals surface area (Å²) in [4.78, 5) is 14.2. The Balaban J connectivity index is 1.62. The summed E-state index contributed by atoms with van der Waals surface area (Å²) in [6, 6.07) is 8.84. The van der Waals surface area contributed by atoms with E-state index in [2.05, 4.69) is 18.7 Å². The fourth-order valence-electron chi connectivity index (χ4n) is 3.46. The normalized spacial score (nSPS) is 16.3. The van der Waals surface area contributed by atoms with E-state index < -0.39 is 16.0 Å². The predicted octanol–water partition coefficient (Wildman–Crippen LogP) is 3.00. The summed E-state index contributed by atoms with van der Waals surface area (Å²) in [5, 5.41) is 0. The number of esters is 1. The van der Waals surface area contributed by atoms with Gasteiger partial charge in [0.25, 0.3) is 0 Å². The van der Waals surface area contributed by atoms with Crippen LogP contribution in [0.25, 0.3) is 0 Å². The van der Waals surface area contributed by atoms with Crippen molar-refractivity contribution in [2.45, 2.75) is 38.1 Å². The van der Waals surface area contributed by atoms with E-state index >= 15 is 0 Å². The largest absolute Gasteiger partial charge is 0.465 e. The van der Waals surface area contributed by atoms with Crippen molar-refractivity contribution < 1.29 is 22.4 Å². The first-order valence-electron chi connectivity index (χ1n) is 9.72. The second kappa shape index (κ2) is 8.69. The van der Waals surface area contributed by atoms with Gasteiger partial charge in [-0.25, -0.2) is 13.2 Å². The Hall–Kier alpha value is -2.16. The molecule has 0 N–H and O–H groups in total. The van der Waals surface area contributed by atoms with Gasteiger partial charge in [0, 0.05) is 26.2 Å². The third-order valence-corrected chi connectivity index (χ3v) is 7.18. The van der Waals surface area contributed by atoms with Gasteiger partial charge >= 0.3 is 5.97 Å². The van der Waals surface area contributed by atoms with Crippen LogP contribution in [0.5, 0.6) is 0 Å². The van der Waals surface area contributed by atoms with Crippen LogP contribution in [0, 0.1) is 6.92 Å². The number of sulfonamides is 1. The first-order chi connectivity index (χ1) is 13.7. The standard InChI is InChI=1S/C21H28N2O5S/c1-15(2)17-5-7-19(8-6-17)29(25,26)23-11-9-22(10-12-23)14-18-13-20(16(3)28-18)21(24)27-4/h5-8,13,15H,9-12,14H2,1-4H3. The van der Waals surface area contributed by atoms with Gasteiger partial charge in [0.1, 0.15) is 17.1 Å². The second-order valence-corrected chi connectivity index (χ2v) is 9.52. The number of hydrogen-bond donors (Lipinski definition) is 0. The van der Waals surface area contributed by atoms with E-state index in [9.17, 15) is 13.2 Å². The van der Waals surface area contributed by atoms with Crippen molar-refractivity contribution in [3.05, 3.63) is 53.0 Å². The molecule has 1 aromatic heterocycles. The Bertz CT molecular complexity index is 955. The van der Waals surface area contributed by atoms with Gasteiger partial charge in [-0.05, 0) is 36.6 Å². The number of hydrogen-bond acceptors (Lipinski definition) is 6. The van der Waals surface area contributed by atoms with Crippen LogP contribution in [0.3, 0.4) is 0 Å². The predicted molar refractivity (Wildman–Crippen MR) is 109 cm³/mol. The molecule has 7 nitrogen and oxygen atoms in total. The zero-order valence-corrected chi connectivity index (χ0v) is 18.2. The van der Waals surface area contributed by atoms with Crippen LogP contribution in [0.4, 0.5) is 0 Å². The van der Waals surface area contributed by atoms with Crippen molar-refractivity contribution in [1.82, 2.24) is 9.21 Å². The highest BCUT2D eigenvalue weighted by molar-refractivity contribution is 7.89. The zero-order chi connectivity index (χ0) is 21.2. The van der Waals surface area contributed by atoms with Crippen molar-refractivity contribution >= 4 is 16.0 Å². The van der Waals surface area contributed by atoms with Gasteiger partial charge in [-0.1, -0.05) is 26.0 Å². The smallest absolute Gasteiger partial charge is 0.341 e. The molecule has 1 saturated heterocycles. The van der Waals surface area contributed by atoms with Gasteiger partial charge in [0.2, 0.25) is 10.0 Å². The molecule has 29 heavy (non-hydrogen) atoms. The van der Waals surface area contributed by atoms with Gasteiger partial charge < -0.3 is 9.15 Å². The minimum Gasteiger partial charge on any atom is -0.465 e. The molecule has 2 aromatic rings. The van der Waals surface area contributed by atoms with Gasteiger partial charge in [-0.3, -0.25) is 4.90 Å². The number of carbonyl (C=O) groups excluding carboxylic acids is 1. The molecule has 8 heteroatoms. The summed E-state index contributed by atoms with van der Waals surface area (Å²) in [5.41, 5.74) is 1.54. The lowest BCUT2D eigenvalue weighted by molar-refractivity contribution is 0.0599. The lowest BCUT2D eigenvalue weighted by atomic mass is 10.0. The first kappa shape index (κ1) is 21.5. The summed E-state index contributed by atoms with van der Waals surface area (Å²) in [6.45, 7) is 8.43. The highest BCUT2D eigenvalue weighted by Crippen LogP contribution is 2.22. The van der Waals surface area contributed by atoms with Crippen LogP contribution < -0.4 is 0 Å². The van der Waals surface area contributed by atoms with Crippen molar-refractivity contribution in [3.8, 4) is 0 Å². The molecule has 158 valence electrons. The molecule has 0 aliphatic carbocycles. The number of rotatable bonds is 6. The first-order valence-corrected chi connectivity index (χ1v) is 11.2. The van der Waals surface area contributed by atoms with Gasteiger partial charge in [0.15, 0.2) is 0 Å². The summed E-state index contributed by atoms with van der Waals surface area (Å²) in [6.07, 6.45) is 0. The van der Waals surface area contributed by atoms with Crippen LogP contribution in [-0.2, 0) is 21.3 Å². The maximum absolute atomic E-state index is 12.9. The number of carbonyl (C=O) groups is 1. The lowest BCUT2D eigenvalue weighted by Gasteiger charge is -2.33. The topological polar surface area (TPSA) is 80.1 Å². The molecule has 1 fully saturated rings. The lowest BCUT2D eigenvalue weighted by Crippen LogP contribution is -2.48. The van der Waals surface area contributed by atoms with Gasteiger partial charge in [-0.15, -0.1) is 0 Å². The van der Waals surface area contributed by atoms with E-state index in [-0.39, 0.29) is 0 Å². The molecule has 0 amide bonds. The van der Waals surface area contributed by atoms with Crippen molar-refractivity contribution in [1.29, 1.82) is 0 Å². The Labute approximate surface area is 172 Å². The fourth-order valence-corrected chi connectivity index (χ4v) is 4.88. The zero-order valence-electron chi connectivity index (χ0n) is 17.3. The van der Waals surface area contributed by atoms with Gasteiger partial charge in [-0.2, -0.15) is 4.31 Å². The van der Waals surface area contributed by atoms with E-state index in [1.807, 2.05) is 12.1 Å². The summed E-state index contributed by atoms with van der Waals surface area (Å²) in [5.74, 6) is 1.14. The van der Waals surface area contributed by atoms with E-state index in [1.165, 1.54) is 11.4 Å². The quantitative estimate of drug-likeness (QED) is 0.669. The van der Waals surface area contributed by atoms with Crippen LogP contribution in [0.2, 0.25) is 0 Å². The van der Waals surface area contributed by atoms with Crippen LogP contribution in [-0.4, -0.2) is 56.9 Å². The molecule has 0 bridgehead atoms. The number of nitrogens with zero attached hydrogens (tertiary/aromatic N) is 2. The number of benzene rings is 1. The monoisotopic (exact) mass is 420 g/mol. The molecule has 1 aromatic carbocycles. The number of aryl methyl sites for hydroxylation is 1. The van der Waals surface area contributed by atoms with Crippen LogP contribution in [0.15, 0.2) is 39.6 Å². The molecule has 2 heterocycles.